The van der Waals surface area contributed by atoms with Gasteiger partial charge in [0.25, 0.3) is 5.09 Å². The van der Waals surface area contributed by atoms with Gasteiger partial charge >= 0.3 is 0 Å². The molecule has 0 aliphatic heterocycles. The molecule has 0 unspecified atom stereocenters. The van der Waals surface area contributed by atoms with Crippen molar-refractivity contribution >= 4 is 6.72 Å². The van der Waals surface area contributed by atoms with Crippen molar-refractivity contribution in [1.29, 1.82) is 0 Å². The Hall–Kier alpha value is -1.33. The highest BCUT2D eigenvalue weighted by atomic mass is 16.9. The van der Waals surface area contributed by atoms with E-state index in [1.54, 1.807) is 0 Å². The molecule has 42 valence electrons. The number of nitrogens with zero attached hydrogens (tertiary/aromatic N) is 1. The van der Waals surface area contributed by atoms with Crippen LogP contribution in [0.2, 0.25) is 0 Å². The van der Waals surface area contributed by atoms with Crippen molar-refractivity contribution in [2.24, 2.45) is 0 Å². The smallest absolute Gasteiger partial charge is 0.291 e. The van der Waals surface area contributed by atoms with Crippen LogP contribution >= 0.6 is 0 Å². The van der Waals surface area contributed by atoms with Crippen molar-refractivity contribution < 1.29 is 15.4 Å². The molecule has 0 aromatic rings. The lowest BCUT2D eigenvalue weighted by Crippen LogP contribution is -2.56. The Morgan fingerprint density at radius 2 is 1.86 bits per heavy atom. The van der Waals surface area contributed by atoms with Crippen molar-refractivity contribution in [2.75, 3.05) is 0 Å². The molecule has 0 aliphatic carbocycles. The van der Waals surface area contributed by atoms with Crippen LogP contribution in [0.4, 0.5) is 0 Å². The van der Waals surface area contributed by atoms with Crippen LogP contribution in [0.5, 0.6) is 0 Å². The summed E-state index contributed by atoms with van der Waals surface area (Å²) in [6.45, 7) is 2.68. The van der Waals surface area contributed by atoms with Gasteiger partial charge in [-0.1, -0.05) is 0 Å². The van der Waals surface area contributed by atoms with Gasteiger partial charge in [0.05, 0.1) is 0 Å². The van der Waals surface area contributed by atoms with Gasteiger partial charge in [-0.15, -0.1) is 10.1 Å². The van der Waals surface area contributed by atoms with E-state index in [-0.39, 0.29) is 0 Å². The van der Waals surface area contributed by atoms with Crippen molar-refractivity contribution in [3.8, 4) is 0 Å². The molecular formula is CH4N2O4. The first-order valence-corrected chi connectivity index (χ1v) is 1.12. The first kappa shape index (κ1) is 9.18. The quantitative estimate of drug-likeness (QED) is 0.161. The lowest BCUT2D eigenvalue weighted by molar-refractivity contribution is -0.742. The summed E-state index contributed by atoms with van der Waals surface area (Å²) >= 11 is 0. The Balaban J connectivity index is 0. The molecule has 0 fully saturated rings. The minimum absolute atomic E-state index is 1.25. The molecule has 0 amide bonds. The molecule has 0 bridgehead atoms. The van der Waals surface area contributed by atoms with Crippen LogP contribution in [-0.2, 0) is 0 Å². The van der Waals surface area contributed by atoms with Crippen molar-refractivity contribution in [1.82, 2.24) is 0 Å². The first-order chi connectivity index (χ1) is 3.15. The molecule has 0 saturated carbocycles. The average molecular weight is 108 g/mol. The molecule has 7 heavy (non-hydrogen) atoms. The maximum absolute atomic E-state index is 8.57. The SMILES string of the molecule is C=[NH+][O-].O=[N+]([O-])O. The summed E-state index contributed by atoms with van der Waals surface area (Å²) in [5.74, 6) is 0. The predicted octanol–water partition coefficient (Wildman–Crippen LogP) is -2.08. The fourth-order valence-electron chi connectivity index (χ4n) is 0. The lowest BCUT2D eigenvalue weighted by atomic mass is 11.8. The third-order valence-corrected chi connectivity index (χ3v) is 0. The van der Waals surface area contributed by atoms with Gasteiger partial charge in [-0.25, -0.2) is 5.16 Å². The highest BCUT2D eigenvalue weighted by molar-refractivity contribution is 5.12. The summed E-state index contributed by atoms with van der Waals surface area (Å²) in [7, 11) is 0. The highest BCUT2D eigenvalue weighted by Gasteiger charge is 1.65. The molecule has 0 saturated heterocycles. The van der Waals surface area contributed by atoms with Gasteiger partial charge in [0.15, 0.2) is 0 Å². The van der Waals surface area contributed by atoms with Gasteiger partial charge in [0.2, 0.25) is 0 Å². The van der Waals surface area contributed by atoms with Crippen LogP contribution < -0.4 is 5.16 Å². The molecule has 0 aromatic heterocycles. The zero-order chi connectivity index (χ0) is 6.28. The third-order valence-electron chi connectivity index (χ3n) is 0. The topological polar surface area (TPSA) is 100 Å². The van der Waals surface area contributed by atoms with E-state index in [2.05, 4.69) is 6.72 Å². The number of hydrogen-bond donors (Lipinski definition) is 2. The highest BCUT2D eigenvalue weighted by Crippen LogP contribution is 1.38. The van der Waals surface area contributed by atoms with Crippen LogP contribution in [0.1, 0.15) is 0 Å². The Morgan fingerprint density at radius 3 is 1.86 bits per heavy atom. The molecule has 6 nitrogen and oxygen atoms in total. The minimum Gasteiger partial charge on any atom is -0.626 e. The molecule has 0 rings (SSSR count). The Kier molecular flexibility index (Phi) is 11.6. The molecule has 6 heteroatoms. The largest absolute Gasteiger partial charge is 0.626 e. The fraction of sp³-hybridized carbons (Fsp3) is 0. The molecule has 0 aliphatic rings. The van der Waals surface area contributed by atoms with Gasteiger partial charge in [0.1, 0.15) is 6.72 Å². The molecular weight excluding hydrogens is 104 g/mol. The molecule has 0 aromatic carbocycles. The van der Waals surface area contributed by atoms with Gasteiger partial charge in [-0.3, -0.25) is 0 Å². The zero-order valence-corrected chi connectivity index (χ0v) is 3.33. The van der Waals surface area contributed by atoms with E-state index in [0.717, 1.165) is 0 Å². The Morgan fingerprint density at radius 1 is 1.86 bits per heavy atom. The van der Waals surface area contributed by atoms with E-state index in [1.807, 2.05) is 0 Å². The van der Waals surface area contributed by atoms with Crippen molar-refractivity contribution in [3.63, 3.8) is 0 Å². The number of hydrogen-bond acceptors (Lipinski definition) is 3. The normalized spacial score (nSPS) is 5.14. The molecule has 2 N–H and O–H groups in total. The number of nitrogens with one attached hydrogen (secondary N) is 1. The third kappa shape index (κ3) is 18.8. The van der Waals surface area contributed by atoms with E-state index in [4.69, 9.17) is 20.5 Å². The van der Waals surface area contributed by atoms with Crippen molar-refractivity contribution in [3.05, 3.63) is 15.3 Å². The minimum atomic E-state index is -1.50. The maximum atomic E-state index is 8.57. The van der Waals surface area contributed by atoms with E-state index in [1.165, 1.54) is 5.16 Å². The van der Waals surface area contributed by atoms with Crippen LogP contribution in [0, 0.1) is 15.3 Å². The second kappa shape index (κ2) is 8.82. The number of rotatable bonds is 0. The molecule has 0 atom stereocenters. The van der Waals surface area contributed by atoms with Gasteiger partial charge in [0, 0.05) is 0 Å². The molecule has 0 heterocycles. The summed E-state index contributed by atoms with van der Waals surface area (Å²) in [5, 5.41) is 23.5. The average Bonchev–Trinajstić information content (AvgIpc) is 1.33. The van der Waals surface area contributed by atoms with Gasteiger partial charge in [-0.2, -0.15) is 0 Å². The lowest BCUT2D eigenvalue weighted by Gasteiger charge is -1.58. The van der Waals surface area contributed by atoms with Crippen molar-refractivity contribution in [2.45, 2.75) is 0 Å². The first-order valence-electron chi connectivity index (χ1n) is 1.12. The van der Waals surface area contributed by atoms with E-state index in [9.17, 15) is 0 Å². The summed E-state index contributed by atoms with van der Waals surface area (Å²) in [6.07, 6.45) is 0. The second-order valence-corrected chi connectivity index (χ2v) is 0.382. The van der Waals surface area contributed by atoms with Crippen LogP contribution in [0.15, 0.2) is 0 Å². The van der Waals surface area contributed by atoms with E-state index < -0.39 is 5.09 Å². The summed E-state index contributed by atoms with van der Waals surface area (Å²) < 4.78 is 0. The maximum Gasteiger partial charge on any atom is 0.291 e. The fourth-order valence-corrected chi connectivity index (χ4v) is 0. The van der Waals surface area contributed by atoms with E-state index >= 15 is 0 Å². The van der Waals surface area contributed by atoms with Gasteiger partial charge in [-0.05, 0) is 0 Å². The van der Waals surface area contributed by atoms with Gasteiger partial charge < -0.3 is 10.4 Å². The Bertz CT molecular complexity index is 56.7. The van der Waals surface area contributed by atoms with Crippen LogP contribution in [0.25, 0.3) is 0 Å². The summed E-state index contributed by atoms with van der Waals surface area (Å²) in [4.78, 5) is 8.36. The van der Waals surface area contributed by atoms with E-state index in [0.29, 0.717) is 0 Å². The second-order valence-electron chi connectivity index (χ2n) is 0.382. The zero-order valence-electron chi connectivity index (χ0n) is 3.33. The summed E-state index contributed by atoms with van der Waals surface area (Å²) in [6, 6.07) is 0. The van der Waals surface area contributed by atoms with Crippen LogP contribution in [0.3, 0.4) is 0 Å². The molecule has 0 radical (unpaired) electrons. The standard InChI is InChI=1S/CH3NO.HNO3/c1-2-3;2-1(3)4/h2H,1H2;(H,2,3,4). The molecule has 0 spiro atoms. The van der Waals surface area contributed by atoms with Crippen LogP contribution in [-0.4, -0.2) is 17.0 Å². The summed E-state index contributed by atoms with van der Waals surface area (Å²) in [5.41, 5.74) is 0. The monoisotopic (exact) mass is 108 g/mol. The Labute approximate surface area is 38.8 Å². The predicted molar refractivity (Wildman–Crippen MR) is 20.2 cm³/mol.